The predicted octanol–water partition coefficient (Wildman–Crippen LogP) is 1.93. The van der Waals surface area contributed by atoms with Crippen LogP contribution in [-0.4, -0.2) is 50.5 Å². The van der Waals surface area contributed by atoms with Crippen molar-refractivity contribution < 1.29 is 19.1 Å². The third-order valence-corrected chi connectivity index (χ3v) is 5.00. The summed E-state index contributed by atoms with van der Waals surface area (Å²) < 4.78 is 18.4. The van der Waals surface area contributed by atoms with Crippen molar-refractivity contribution in [2.45, 2.75) is 13.0 Å². The number of rotatable bonds is 6. The fourth-order valence-electron chi connectivity index (χ4n) is 3.31. The third kappa shape index (κ3) is 5.10. The van der Waals surface area contributed by atoms with E-state index < -0.39 is 6.10 Å². The highest BCUT2D eigenvalue weighted by Gasteiger charge is 2.23. The predicted molar refractivity (Wildman–Crippen MR) is 102 cm³/mol. The summed E-state index contributed by atoms with van der Waals surface area (Å²) >= 11 is 6.13. The Kier molecular flexibility index (Phi) is 6.35. The minimum atomic E-state index is -0.547. The van der Waals surface area contributed by atoms with Gasteiger partial charge in [-0.25, -0.2) is 4.39 Å². The van der Waals surface area contributed by atoms with Gasteiger partial charge in [-0.3, -0.25) is 0 Å². The Labute approximate surface area is 158 Å². The lowest BCUT2D eigenvalue weighted by Gasteiger charge is -2.35. The highest BCUT2D eigenvalue weighted by Crippen LogP contribution is 2.24. The van der Waals surface area contributed by atoms with Crippen molar-refractivity contribution >= 4 is 17.3 Å². The summed E-state index contributed by atoms with van der Waals surface area (Å²) in [7, 11) is 0. The fraction of sp³-hybridized carbons (Fsp3) is 0.400. The van der Waals surface area contributed by atoms with Crippen molar-refractivity contribution in [1.29, 1.82) is 0 Å². The number of piperazine rings is 1. The summed E-state index contributed by atoms with van der Waals surface area (Å²) in [5.74, 6) is 0.275. The Hall–Kier alpha value is -1.82. The molecule has 2 aromatic rings. The van der Waals surface area contributed by atoms with Crippen LogP contribution in [0.1, 0.15) is 5.56 Å². The lowest BCUT2D eigenvalue weighted by atomic mass is 10.1. The molecule has 0 saturated carbocycles. The molecule has 1 saturated heterocycles. The average Bonchev–Trinajstić information content (AvgIpc) is 2.64. The minimum Gasteiger partial charge on any atom is -0.491 e. The number of hydrogen-bond donors (Lipinski definition) is 2. The fourth-order valence-corrected chi connectivity index (χ4v) is 3.47. The first kappa shape index (κ1) is 19.0. The summed E-state index contributed by atoms with van der Waals surface area (Å²) in [6.07, 6.45) is -0.547. The van der Waals surface area contributed by atoms with E-state index in [4.69, 9.17) is 16.3 Å². The summed E-state index contributed by atoms with van der Waals surface area (Å²) in [6.45, 7) is 6.74. The molecule has 2 N–H and O–H groups in total. The highest BCUT2D eigenvalue weighted by molar-refractivity contribution is 6.30. The molecule has 4 nitrogen and oxygen atoms in total. The number of halogens is 2. The molecule has 6 heteroatoms. The number of quaternary nitrogens is 1. The highest BCUT2D eigenvalue weighted by atomic mass is 35.5. The maximum atomic E-state index is 12.9. The second-order valence-corrected chi connectivity index (χ2v) is 7.23. The van der Waals surface area contributed by atoms with Crippen LogP contribution in [0.2, 0.25) is 5.02 Å². The molecule has 0 unspecified atom stereocenters. The topological polar surface area (TPSA) is 37.1 Å². The second-order valence-electron chi connectivity index (χ2n) is 6.79. The van der Waals surface area contributed by atoms with Crippen LogP contribution in [0.25, 0.3) is 0 Å². The number of aliphatic hydroxyl groups is 1. The molecule has 0 spiro atoms. The molecule has 1 aliphatic heterocycles. The van der Waals surface area contributed by atoms with Gasteiger partial charge in [0, 0.05) is 10.7 Å². The molecule has 0 amide bonds. The summed E-state index contributed by atoms with van der Waals surface area (Å²) in [4.78, 5) is 3.71. The molecule has 140 valence electrons. The molecule has 1 atom stereocenters. The van der Waals surface area contributed by atoms with Crippen molar-refractivity contribution in [3.05, 3.63) is 58.9 Å². The van der Waals surface area contributed by atoms with Gasteiger partial charge >= 0.3 is 0 Å². The van der Waals surface area contributed by atoms with Gasteiger partial charge in [-0.15, -0.1) is 0 Å². The number of nitrogens with zero attached hydrogens (tertiary/aromatic N) is 1. The lowest BCUT2D eigenvalue weighted by molar-refractivity contribution is -0.903. The number of nitrogens with one attached hydrogen (secondary N) is 1. The molecule has 0 aromatic heterocycles. The number of anilines is 1. The molecular weight excluding hydrogens is 355 g/mol. The van der Waals surface area contributed by atoms with E-state index in [2.05, 4.69) is 11.8 Å². The van der Waals surface area contributed by atoms with Gasteiger partial charge in [0.2, 0.25) is 0 Å². The van der Waals surface area contributed by atoms with Crippen molar-refractivity contribution in [1.82, 2.24) is 0 Å². The van der Waals surface area contributed by atoms with Gasteiger partial charge in [-0.2, -0.15) is 0 Å². The van der Waals surface area contributed by atoms with Crippen LogP contribution in [0.5, 0.6) is 5.75 Å². The molecule has 0 bridgehead atoms. The molecule has 1 heterocycles. The van der Waals surface area contributed by atoms with Crippen LogP contribution >= 0.6 is 11.6 Å². The third-order valence-electron chi connectivity index (χ3n) is 4.76. The van der Waals surface area contributed by atoms with Crippen molar-refractivity contribution in [2.24, 2.45) is 0 Å². The lowest BCUT2D eigenvalue weighted by Crippen LogP contribution is -3.16. The smallest absolute Gasteiger partial charge is 0.137 e. The SMILES string of the molecule is Cc1ccc(Cl)cc1N1CC[NH+](C[C@H](O)COc2ccc(F)cc2)CC1. The van der Waals surface area contributed by atoms with Crippen LogP contribution in [0, 0.1) is 12.7 Å². The number of ether oxygens (including phenoxy) is 1. The zero-order valence-corrected chi connectivity index (χ0v) is 15.7. The Morgan fingerprint density at radius 1 is 1.19 bits per heavy atom. The summed E-state index contributed by atoms with van der Waals surface area (Å²) in [5, 5.41) is 11.0. The molecule has 1 aliphatic rings. The number of benzene rings is 2. The number of aryl methyl sites for hydroxylation is 1. The van der Waals surface area contributed by atoms with Gasteiger partial charge in [0.15, 0.2) is 0 Å². The monoisotopic (exact) mass is 379 g/mol. The molecule has 0 radical (unpaired) electrons. The van der Waals surface area contributed by atoms with Crippen molar-refractivity contribution in [2.75, 3.05) is 44.2 Å². The van der Waals surface area contributed by atoms with E-state index in [-0.39, 0.29) is 12.4 Å². The Morgan fingerprint density at radius 3 is 2.58 bits per heavy atom. The number of aliphatic hydroxyl groups excluding tert-OH is 1. The summed E-state index contributed by atoms with van der Waals surface area (Å²) in [5.41, 5.74) is 2.42. The van der Waals surface area contributed by atoms with Gasteiger partial charge in [0.1, 0.15) is 30.8 Å². The maximum absolute atomic E-state index is 12.9. The van der Waals surface area contributed by atoms with E-state index in [0.29, 0.717) is 12.3 Å². The van der Waals surface area contributed by atoms with Crippen LogP contribution in [-0.2, 0) is 0 Å². The van der Waals surface area contributed by atoms with Crippen molar-refractivity contribution in [3.63, 3.8) is 0 Å². The van der Waals surface area contributed by atoms with Crippen LogP contribution < -0.4 is 14.5 Å². The number of hydrogen-bond acceptors (Lipinski definition) is 3. The first-order chi connectivity index (χ1) is 12.5. The van der Waals surface area contributed by atoms with Crippen LogP contribution in [0.3, 0.4) is 0 Å². The second kappa shape index (κ2) is 8.71. The van der Waals surface area contributed by atoms with Crippen molar-refractivity contribution in [3.8, 4) is 5.75 Å². The van der Waals surface area contributed by atoms with E-state index >= 15 is 0 Å². The van der Waals surface area contributed by atoms with E-state index in [1.807, 2.05) is 18.2 Å². The molecule has 2 aromatic carbocycles. The van der Waals surface area contributed by atoms with Gasteiger partial charge < -0.3 is 19.6 Å². The Balaban J connectivity index is 1.44. The molecule has 0 aliphatic carbocycles. The van der Waals surface area contributed by atoms with Gasteiger partial charge in [0.05, 0.1) is 26.2 Å². The van der Waals surface area contributed by atoms with Crippen LogP contribution in [0.15, 0.2) is 42.5 Å². The average molecular weight is 380 g/mol. The zero-order chi connectivity index (χ0) is 18.5. The minimum absolute atomic E-state index is 0.215. The Morgan fingerprint density at radius 2 is 1.88 bits per heavy atom. The van der Waals surface area contributed by atoms with Gasteiger partial charge in [-0.05, 0) is 48.9 Å². The van der Waals surface area contributed by atoms with E-state index in [1.165, 1.54) is 28.3 Å². The molecule has 3 rings (SSSR count). The summed E-state index contributed by atoms with van der Waals surface area (Å²) in [6, 6.07) is 11.8. The maximum Gasteiger partial charge on any atom is 0.137 e. The quantitative estimate of drug-likeness (QED) is 0.805. The zero-order valence-electron chi connectivity index (χ0n) is 14.9. The Bertz CT molecular complexity index is 718. The molecule has 1 fully saturated rings. The van der Waals surface area contributed by atoms with E-state index in [1.54, 1.807) is 12.1 Å². The van der Waals surface area contributed by atoms with E-state index in [9.17, 15) is 9.50 Å². The standard InChI is InChI=1S/C20H24ClFN2O2/c1-15-2-3-16(21)12-20(15)24-10-8-23(9-11-24)13-18(25)14-26-19-6-4-17(22)5-7-19/h2-7,12,18,25H,8-11,13-14H2,1H3/p+1/t18-/m0/s1. The van der Waals surface area contributed by atoms with E-state index in [0.717, 1.165) is 31.2 Å². The molecular formula is C20H25ClFN2O2+. The first-order valence-electron chi connectivity index (χ1n) is 8.92. The normalized spacial score (nSPS) is 16.5. The first-order valence-corrected chi connectivity index (χ1v) is 9.30. The largest absolute Gasteiger partial charge is 0.491 e. The van der Waals surface area contributed by atoms with Gasteiger partial charge in [0.25, 0.3) is 0 Å². The molecule has 26 heavy (non-hydrogen) atoms. The van der Waals surface area contributed by atoms with Gasteiger partial charge in [-0.1, -0.05) is 17.7 Å². The van der Waals surface area contributed by atoms with Crippen LogP contribution in [0.4, 0.5) is 10.1 Å².